The molecule has 0 aliphatic carbocycles. The summed E-state index contributed by atoms with van der Waals surface area (Å²) >= 11 is 5.98. The standard InChI is InChI=1S/C16H17ClN2O2/c1-10-7-12(4-6-14(10)17)21-9-11-3-5-13(16(18)19)15(8-11)20-2/h3-8H,9H2,1-2H3,(H3,18,19). The topological polar surface area (TPSA) is 68.3 Å². The largest absolute Gasteiger partial charge is 0.496 e. The Labute approximate surface area is 129 Å². The van der Waals surface area contributed by atoms with Crippen molar-refractivity contribution in [3.63, 3.8) is 0 Å². The van der Waals surface area contributed by atoms with Crippen molar-refractivity contribution in [3.05, 3.63) is 58.1 Å². The van der Waals surface area contributed by atoms with E-state index in [1.54, 1.807) is 13.2 Å². The lowest BCUT2D eigenvalue weighted by atomic mass is 10.1. The Morgan fingerprint density at radius 2 is 2.00 bits per heavy atom. The van der Waals surface area contributed by atoms with Crippen molar-refractivity contribution in [3.8, 4) is 11.5 Å². The predicted octanol–water partition coefficient (Wildman–Crippen LogP) is 3.52. The van der Waals surface area contributed by atoms with Crippen LogP contribution < -0.4 is 15.2 Å². The summed E-state index contributed by atoms with van der Waals surface area (Å²) < 4.78 is 11.0. The number of nitrogens with one attached hydrogen (secondary N) is 1. The van der Waals surface area contributed by atoms with Gasteiger partial charge in [0.2, 0.25) is 0 Å². The van der Waals surface area contributed by atoms with Crippen LogP contribution in [-0.2, 0) is 6.61 Å². The molecular weight excluding hydrogens is 288 g/mol. The summed E-state index contributed by atoms with van der Waals surface area (Å²) in [6, 6.07) is 11.0. The van der Waals surface area contributed by atoms with E-state index >= 15 is 0 Å². The van der Waals surface area contributed by atoms with Crippen LogP contribution in [0.3, 0.4) is 0 Å². The maximum Gasteiger partial charge on any atom is 0.130 e. The van der Waals surface area contributed by atoms with Gasteiger partial charge >= 0.3 is 0 Å². The number of halogens is 1. The maximum atomic E-state index is 7.48. The maximum absolute atomic E-state index is 7.48. The quantitative estimate of drug-likeness (QED) is 0.656. The Kier molecular flexibility index (Phi) is 4.70. The predicted molar refractivity (Wildman–Crippen MR) is 84.5 cm³/mol. The van der Waals surface area contributed by atoms with Crippen molar-refractivity contribution in [1.29, 1.82) is 5.41 Å². The second-order valence-electron chi connectivity index (χ2n) is 4.65. The molecule has 2 aromatic carbocycles. The van der Waals surface area contributed by atoms with Gasteiger partial charge in [0.15, 0.2) is 0 Å². The van der Waals surface area contributed by atoms with Crippen LogP contribution in [-0.4, -0.2) is 12.9 Å². The molecule has 0 unspecified atom stereocenters. The van der Waals surface area contributed by atoms with Gasteiger partial charge in [0.25, 0.3) is 0 Å². The van der Waals surface area contributed by atoms with E-state index in [2.05, 4.69) is 0 Å². The molecule has 0 radical (unpaired) electrons. The van der Waals surface area contributed by atoms with Crippen molar-refractivity contribution >= 4 is 17.4 Å². The summed E-state index contributed by atoms with van der Waals surface area (Å²) in [5, 5.41) is 8.20. The third-order valence-electron chi connectivity index (χ3n) is 3.09. The monoisotopic (exact) mass is 304 g/mol. The van der Waals surface area contributed by atoms with Gasteiger partial charge in [-0.05, 0) is 48.4 Å². The average molecular weight is 305 g/mol. The first kappa shape index (κ1) is 15.2. The highest BCUT2D eigenvalue weighted by atomic mass is 35.5. The number of methoxy groups -OCH3 is 1. The van der Waals surface area contributed by atoms with E-state index in [-0.39, 0.29) is 5.84 Å². The molecule has 0 aliphatic rings. The lowest BCUT2D eigenvalue weighted by molar-refractivity contribution is 0.305. The van der Waals surface area contributed by atoms with Crippen LogP contribution in [0.15, 0.2) is 36.4 Å². The molecule has 2 rings (SSSR count). The zero-order valence-electron chi connectivity index (χ0n) is 11.9. The Morgan fingerprint density at radius 1 is 1.24 bits per heavy atom. The molecule has 0 saturated carbocycles. The van der Waals surface area contributed by atoms with E-state index in [4.69, 9.17) is 32.2 Å². The van der Waals surface area contributed by atoms with Crippen molar-refractivity contribution in [1.82, 2.24) is 0 Å². The summed E-state index contributed by atoms with van der Waals surface area (Å²) in [6.07, 6.45) is 0. The molecule has 0 saturated heterocycles. The molecule has 0 bridgehead atoms. The Morgan fingerprint density at radius 3 is 2.62 bits per heavy atom. The number of nitrogen functional groups attached to an aromatic ring is 1. The van der Waals surface area contributed by atoms with E-state index in [0.717, 1.165) is 21.9 Å². The van der Waals surface area contributed by atoms with E-state index in [1.807, 2.05) is 37.3 Å². The minimum absolute atomic E-state index is 0.0207. The third kappa shape index (κ3) is 3.67. The van der Waals surface area contributed by atoms with Gasteiger partial charge in [-0.25, -0.2) is 0 Å². The Balaban J connectivity index is 2.13. The fourth-order valence-electron chi connectivity index (χ4n) is 1.92. The molecule has 0 fully saturated rings. The SMILES string of the molecule is COc1cc(COc2ccc(Cl)c(C)c2)ccc1C(=N)N. The van der Waals surface area contributed by atoms with Gasteiger partial charge in [0.05, 0.1) is 12.7 Å². The van der Waals surface area contributed by atoms with Crippen LogP contribution in [0.5, 0.6) is 11.5 Å². The first-order valence-electron chi connectivity index (χ1n) is 6.41. The number of nitrogens with two attached hydrogens (primary N) is 1. The van der Waals surface area contributed by atoms with E-state index in [9.17, 15) is 0 Å². The minimum atomic E-state index is -0.0207. The summed E-state index contributed by atoms with van der Waals surface area (Å²) in [7, 11) is 1.55. The van der Waals surface area contributed by atoms with Gasteiger partial charge in [0, 0.05) is 5.02 Å². The smallest absolute Gasteiger partial charge is 0.130 e. The summed E-state index contributed by atoms with van der Waals surface area (Å²) in [4.78, 5) is 0. The molecule has 0 aromatic heterocycles. The molecule has 0 aliphatic heterocycles. The van der Waals surface area contributed by atoms with E-state index < -0.39 is 0 Å². The molecule has 3 N–H and O–H groups in total. The Hall–Kier alpha value is -2.20. The van der Waals surface area contributed by atoms with Crippen molar-refractivity contribution in [2.24, 2.45) is 5.73 Å². The van der Waals surface area contributed by atoms with Crippen LogP contribution in [0, 0.1) is 12.3 Å². The highest BCUT2D eigenvalue weighted by Crippen LogP contribution is 2.23. The molecule has 0 atom stereocenters. The van der Waals surface area contributed by atoms with Crippen molar-refractivity contribution < 1.29 is 9.47 Å². The average Bonchev–Trinajstić information content (AvgIpc) is 2.48. The fourth-order valence-corrected chi connectivity index (χ4v) is 2.04. The lowest BCUT2D eigenvalue weighted by Crippen LogP contribution is -2.12. The van der Waals surface area contributed by atoms with Crippen LogP contribution in [0.25, 0.3) is 0 Å². The lowest BCUT2D eigenvalue weighted by Gasteiger charge is -2.11. The minimum Gasteiger partial charge on any atom is -0.496 e. The molecule has 2 aromatic rings. The highest BCUT2D eigenvalue weighted by Gasteiger charge is 2.07. The summed E-state index contributed by atoms with van der Waals surface area (Å²) in [6.45, 7) is 2.33. The summed E-state index contributed by atoms with van der Waals surface area (Å²) in [5.41, 5.74) is 7.97. The fraction of sp³-hybridized carbons (Fsp3) is 0.188. The molecule has 0 heterocycles. The number of hydrogen-bond donors (Lipinski definition) is 2. The van der Waals surface area contributed by atoms with Gasteiger partial charge in [-0.3, -0.25) is 5.41 Å². The molecule has 0 amide bonds. The van der Waals surface area contributed by atoms with Gasteiger partial charge in [-0.1, -0.05) is 17.7 Å². The molecule has 21 heavy (non-hydrogen) atoms. The first-order valence-corrected chi connectivity index (χ1v) is 6.79. The number of aryl methyl sites for hydroxylation is 1. The second kappa shape index (κ2) is 6.50. The van der Waals surface area contributed by atoms with Gasteiger partial charge in [-0.15, -0.1) is 0 Å². The molecule has 5 heteroatoms. The van der Waals surface area contributed by atoms with Crippen LogP contribution in [0.4, 0.5) is 0 Å². The number of benzene rings is 2. The first-order chi connectivity index (χ1) is 10.0. The van der Waals surface area contributed by atoms with Crippen molar-refractivity contribution in [2.45, 2.75) is 13.5 Å². The van der Waals surface area contributed by atoms with Gasteiger partial charge < -0.3 is 15.2 Å². The zero-order chi connectivity index (χ0) is 15.4. The third-order valence-corrected chi connectivity index (χ3v) is 3.52. The molecule has 110 valence electrons. The number of amidine groups is 1. The van der Waals surface area contributed by atoms with Gasteiger partial charge in [0.1, 0.15) is 23.9 Å². The van der Waals surface area contributed by atoms with E-state index in [1.165, 1.54) is 0 Å². The normalized spacial score (nSPS) is 10.2. The molecule has 4 nitrogen and oxygen atoms in total. The Bertz CT molecular complexity index is 671. The van der Waals surface area contributed by atoms with Crippen LogP contribution >= 0.6 is 11.6 Å². The van der Waals surface area contributed by atoms with Crippen molar-refractivity contribution in [2.75, 3.05) is 7.11 Å². The second-order valence-corrected chi connectivity index (χ2v) is 5.06. The summed E-state index contributed by atoms with van der Waals surface area (Å²) in [5.74, 6) is 1.30. The highest BCUT2D eigenvalue weighted by molar-refractivity contribution is 6.31. The number of hydrogen-bond acceptors (Lipinski definition) is 3. The molecule has 0 spiro atoms. The van der Waals surface area contributed by atoms with E-state index in [0.29, 0.717) is 17.9 Å². The molecular formula is C16H17ClN2O2. The zero-order valence-corrected chi connectivity index (χ0v) is 12.7. The number of rotatable bonds is 5. The van der Waals surface area contributed by atoms with Crippen LogP contribution in [0.2, 0.25) is 5.02 Å². The van der Waals surface area contributed by atoms with Gasteiger partial charge in [-0.2, -0.15) is 0 Å². The van der Waals surface area contributed by atoms with Crippen LogP contribution in [0.1, 0.15) is 16.7 Å². The number of ether oxygens (including phenoxy) is 2.